The fourth-order valence-electron chi connectivity index (χ4n) is 1.30. The standard InChI is InChI=1S/C14H25N3S/c1-10(2)6-15-7-13-8-16-14(17-9-13)18-12(5)11(3)4/h8-12,15H,6-7H2,1-5H3. The summed E-state index contributed by atoms with van der Waals surface area (Å²) in [6.45, 7) is 13.0. The first-order valence-electron chi connectivity index (χ1n) is 6.67. The molecule has 1 atom stereocenters. The van der Waals surface area contributed by atoms with Gasteiger partial charge in [-0.3, -0.25) is 0 Å². The highest BCUT2D eigenvalue weighted by atomic mass is 32.2. The number of rotatable bonds is 7. The van der Waals surface area contributed by atoms with Gasteiger partial charge < -0.3 is 5.32 Å². The van der Waals surface area contributed by atoms with Crippen LogP contribution in [0.5, 0.6) is 0 Å². The Balaban J connectivity index is 2.42. The van der Waals surface area contributed by atoms with Gasteiger partial charge in [-0.25, -0.2) is 9.97 Å². The molecule has 1 unspecified atom stereocenters. The van der Waals surface area contributed by atoms with E-state index in [4.69, 9.17) is 0 Å². The summed E-state index contributed by atoms with van der Waals surface area (Å²) >= 11 is 1.75. The molecule has 1 aromatic rings. The molecule has 1 aromatic heterocycles. The molecule has 0 bridgehead atoms. The third-order valence-corrected chi connectivity index (χ3v) is 4.13. The average molecular weight is 267 g/mol. The Morgan fingerprint density at radius 1 is 1.11 bits per heavy atom. The van der Waals surface area contributed by atoms with Crippen molar-refractivity contribution < 1.29 is 0 Å². The van der Waals surface area contributed by atoms with Crippen LogP contribution in [0.2, 0.25) is 0 Å². The molecule has 0 radical (unpaired) electrons. The van der Waals surface area contributed by atoms with Gasteiger partial charge in [0.25, 0.3) is 0 Å². The second-order valence-electron chi connectivity index (χ2n) is 5.47. The van der Waals surface area contributed by atoms with Crippen molar-refractivity contribution in [2.45, 2.75) is 51.6 Å². The summed E-state index contributed by atoms with van der Waals surface area (Å²) in [6, 6.07) is 0. The van der Waals surface area contributed by atoms with Crippen LogP contribution in [0.25, 0.3) is 0 Å². The quantitative estimate of drug-likeness (QED) is 0.607. The Morgan fingerprint density at radius 3 is 2.22 bits per heavy atom. The van der Waals surface area contributed by atoms with Crippen molar-refractivity contribution >= 4 is 11.8 Å². The molecule has 0 saturated carbocycles. The zero-order valence-electron chi connectivity index (χ0n) is 12.1. The van der Waals surface area contributed by atoms with Gasteiger partial charge in [-0.2, -0.15) is 0 Å². The van der Waals surface area contributed by atoms with E-state index in [1.165, 1.54) is 0 Å². The van der Waals surface area contributed by atoms with Gasteiger partial charge in [0, 0.05) is 29.8 Å². The van der Waals surface area contributed by atoms with Crippen molar-refractivity contribution in [3.05, 3.63) is 18.0 Å². The molecule has 1 heterocycles. The van der Waals surface area contributed by atoms with E-state index < -0.39 is 0 Å². The number of thioether (sulfide) groups is 1. The van der Waals surface area contributed by atoms with Gasteiger partial charge in [-0.05, 0) is 18.4 Å². The summed E-state index contributed by atoms with van der Waals surface area (Å²) < 4.78 is 0. The van der Waals surface area contributed by atoms with Gasteiger partial charge in [0.05, 0.1) is 0 Å². The van der Waals surface area contributed by atoms with Gasteiger partial charge in [0.15, 0.2) is 5.16 Å². The van der Waals surface area contributed by atoms with Crippen molar-refractivity contribution in [3.8, 4) is 0 Å². The van der Waals surface area contributed by atoms with Gasteiger partial charge in [0.2, 0.25) is 0 Å². The highest BCUT2D eigenvalue weighted by molar-refractivity contribution is 7.99. The lowest BCUT2D eigenvalue weighted by molar-refractivity contribution is 0.550. The molecule has 0 spiro atoms. The molecule has 0 amide bonds. The second-order valence-corrected chi connectivity index (χ2v) is 6.81. The van der Waals surface area contributed by atoms with E-state index in [0.717, 1.165) is 23.8 Å². The molecule has 3 nitrogen and oxygen atoms in total. The van der Waals surface area contributed by atoms with Gasteiger partial charge >= 0.3 is 0 Å². The fourth-order valence-corrected chi connectivity index (χ4v) is 2.13. The normalized spacial score (nSPS) is 13.3. The molecular formula is C14H25N3S. The molecule has 1 N–H and O–H groups in total. The van der Waals surface area contributed by atoms with Crippen molar-refractivity contribution in [2.75, 3.05) is 6.54 Å². The van der Waals surface area contributed by atoms with Crippen LogP contribution in [-0.2, 0) is 6.54 Å². The molecular weight excluding hydrogens is 242 g/mol. The van der Waals surface area contributed by atoms with Crippen molar-refractivity contribution in [1.82, 2.24) is 15.3 Å². The molecule has 18 heavy (non-hydrogen) atoms. The zero-order chi connectivity index (χ0) is 13.5. The number of hydrogen-bond acceptors (Lipinski definition) is 4. The lowest BCUT2D eigenvalue weighted by atomic mass is 10.2. The zero-order valence-corrected chi connectivity index (χ0v) is 12.9. The van der Waals surface area contributed by atoms with Crippen molar-refractivity contribution in [1.29, 1.82) is 0 Å². The van der Waals surface area contributed by atoms with Gasteiger partial charge in [-0.15, -0.1) is 0 Å². The number of hydrogen-bond donors (Lipinski definition) is 1. The Bertz CT molecular complexity index is 335. The van der Waals surface area contributed by atoms with Crippen LogP contribution in [-0.4, -0.2) is 21.8 Å². The molecule has 0 aliphatic carbocycles. The number of nitrogens with one attached hydrogen (secondary N) is 1. The smallest absolute Gasteiger partial charge is 0.187 e. The summed E-state index contributed by atoms with van der Waals surface area (Å²) in [7, 11) is 0. The number of nitrogens with zero attached hydrogens (tertiary/aromatic N) is 2. The van der Waals surface area contributed by atoms with Gasteiger partial charge in [0.1, 0.15) is 0 Å². The van der Waals surface area contributed by atoms with E-state index >= 15 is 0 Å². The van der Waals surface area contributed by atoms with Crippen LogP contribution in [0, 0.1) is 11.8 Å². The minimum absolute atomic E-state index is 0.551. The lowest BCUT2D eigenvalue weighted by Gasteiger charge is -2.13. The molecule has 0 fully saturated rings. The van der Waals surface area contributed by atoms with Gasteiger partial charge in [-0.1, -0.05) is 46.4 Å². The summed E-state index contributed by atoms with van der Waals surface area (Å²) in [5.41, 5.74) is 1.15. The van der Waals surface area contributed by atoms with E-state index in [2.05, 4.69) is 49.9 Å². The summed E-state index contributed by atoms with van der Waals surface area (Å²) in [5.74, 6) is 1.32. The van der Waals surface area contributed by atoms with Crippen LogP contribution in [0.3, 0.4) is 0 Å². The Hall–Kier alpha value is -0.610. The SMILES string of the molecule is CC(C)CNCc1cnc(SC(C)C(C)C)nc1. The minimum atomic E-state index is 0.551. The van der Waals surface area contributed by atoms with Crippen molar-refractivity contribution in [3.63, 3.8) is 0 Å². The summed E-state index contributed by atoms with van der Waals surface area (Å²) in [6.07, 6.45) is 3.85. The third kappa shape index (κ3) is 5.83. The highest BCUT2D eigenvalue weighted by Crippen LogP contribution is 2.24. The molecule has 4 heteroatoms. The molecule has 1 rings (SSSR count). The minimum Gasteiger partial charge on any atom is -0.312 e. The second kappa shape index (κ2) is 7.74. The monoisotopic (exact) mass is 267 g/mol. The lowest BCUT2D eigenvalue weighted by Crippen LogP contribution is -2.19. The molecule has 0 aliphatic rings. The van der Waals surface area contributed by atoms with Crippen LogP contribution >= 0.6 is 11.8 Å². The fraction of sp³-hybridized carbons (Fsp3) is 0.714. The Kier molecular flexibility index (Phi) is 6.65. The first-order chi connectivity index (χ1) is 8.49. The maximum atomic E-state index is 4.41. The summed E-state index contributed by atoms with van der Waals surface area (Å²) in [4.78, 5) is 8.82. The first-order valence-corrected chi connectivity index (χ1v) is 7.55. The predicted molar refractivity (Wildman–Crippen MR) is 78.7 cm³/mol. The van der Waals surface area contributed by atoms with E-state index in [1.807, 2.05) is 12.4 Å². The summed E-state index contributed by atoms with van der Waals surface area (Å²) in [5, 5.41) is 4.82. The first kappa shape index (κ1) is 15.4. The van der Waals surface area contributed by atoms with E-state index in [9.17, 15) is 0 Å². The van der Waals surface area contributed by atoms with Crippen molar-refractivity contribution in [2.24, 2.45) is 11.8 Å². The van der Waals surface area contributed by atoms with E-state index in [0.29, 0.717) is 17.1 Å². The molecule has 102 valence electrons. The van der Waals surface area contributed by atoms with E-state index in [1.54, 1.807) is 11.8 Å². The van der Waals surface area contributed by atoms with E-state index in [-0.39, 0.29) is 0 Å². The molecule has 0 saturated heterocycles. The van der Waals surface area contributed by atoms with Crippen LogP contribution in [0.15, 0.2) is 17.6 Å². The third-order valence-electron chi connectivity index (χ3n) is 2.79. The Morgan fingerprint density at radius 2 is 1.72 bits per heavy atom. The maximum absolute atomic E-state index is 4.41. The maximum Gasteiger partial charge on any atom is 0.187 e. The topological polar surface area (TPSA) is 37.8 Å². The van der Waals surface area contributed by atoms with Crippen LogP contribution in [0.1, 0.15) is 40.2 Å². The van der Waals surface area contributed by atoms with Crippen LogP contribution < -0.4 is 5.32 Å². The highest BCUT2D eigenvalue weighted by Gasteiger charge is 2.10. The number of aromatic nitrogens is 2. The average Bonchev–Trinajstić information content (AvgIpc) is 2.30. The predicted octanol–water partition coefficient (Wildman–Crippen LogP) is 3.36. The van der Waals surface area contributed by atoms with Crippen LogP contribution in [0.4, 0.5) is 0 Å². The molecule has 0 aromatic carbocycles. The Labute approximate surface area is 115 Å². The largest absolute Gasteiger partial charge is 0.312 e. The molecule has 0 aliphatic heterocycles.